The van der Waals surface area contributed by atoms with Gasteiger partial charge in [0.25, 0.3) is 5.91 Å². The number of aromatic nitrogens is 1. The molecule has 0 aliphatic rings. The van der Waals surface area contributed by atoms with Crippen molar-refractivity contribution in [1.29, 1.82) is 0 Å². The smallest absolute Gasteiger partial charge is 0.253 e. The Bertz CT molecular complexity index is 497. The molecule has 1 N–H and O–H groups in total. The first-order valence-corrected chi connectivity index (χ1v) is 5.56. The molecule has 1 amide bonds. The molecule has 0 aliphatic heterocycles. The van der Waals surface area contributed by atoms with Gasteiger partial charge in [0.15, 0.2) is 0 Å². The number of halogens is 1. The van der Waals surface area contributed by atoms with Gasteiger partial charge in [0.2, 0.25) is 0 Å². The lowest BCUT2D eigenvalue weighted by Crippen LogP contribution is -2.22. The number of hydrogen-bond acceptors (Lipinski definition) is 2. The molecule has 0 spiro atoms. The predicted molar refractivity (Wildman–Crippen MR) is 66.9 cm³/mol. The molecule has 0 radical (unpaired) electrons. The van der Waals surface area contributed by atoms with Crippen LogP contribution in [0.5, 0.6) is 0 Å². The Balaban J connectivity index is 1.95. The molecule has 4 heteroatoms. The molecule has 0 fully saturated rings. The van der Waals surface area contributed by atoms with E-state index in [4.69, 9.17) is 11.6 Å². The third kappa shape index (κ3) is 3.29. The highest BCUT2D eigenvalue weighted by Gasteiger charge is 2.04. The Morgan fingerprint density at radius 2 is 2.00 bits per heavy atom. The molecule has 1 heterocycles. The third-order valence-corrected chi connectivity index (χ3v) is 2.54. The first-order valence-electron chi connectivity index (χ1n) is 5.18. The first-order chi connectivity index (χ1) is 8.25. The van der Waals surface area contributed by atoms with Crippen molar-refractivity contribution in [3.05, 3.63) is 64.9 Å². The number of benzene rings is 1. The summed E-state index contributed by atoms with van der Waals surface area (Å²) >= 11 is 5.77. The van der Waals surface area contributed by atoms with Crippen molar-refractivity contribution in [2.75, 3.05) is 0 Å². The fraction of sp³-hybridized carbons (Fsp3) is 0.0769. The van der Waals surface area contributed by atoms with E-state index in [2.05, 4.69) is 10.3 Å². The van der Waals surface area contributed by atoms with Gasteiger partial charge in [0.05, 0.1) is 5.56 Å². The van der Waals surface area contributed by atoms with Crippen LogP contribution < -0.4 is 5.32 Å². The topological polar surface area (TPSA) is 42.0 Å². The SMILES string of the molecule is O=C(NCc1ccc(Cl)cc1)c1cccnc1. The highest BCUT2D eigenvalue weighted by Crippen LogP contribution is 2.09. The largest absolute Gasteiger partial charge is 0.348 e. The predicted octanol–water partition coefficient (Wildman–Crippen LogP) is 2.67. The number of pyridine rings is 1. The van der Waals surface area contributed by atoms with Crippen LogP contribution in [0.1, 0.15) is 15.9 Å². The van der Waals surface area contributed by atoms with E-state index in [0.717, 1.165) is 5.56 Å². The van der Waals surface area contributed by atoms with E-state index >= 15 is 0 Å². The van der Waals surface area contributed by atoms with E-state index in [9.17, 15) is 4.79 Å². The maximum Gasteiger partial charge on any atom is 0.253 e. The molecule has 0 bridgehead atoms. The minimum Gasteiger partial charge on any atom is -0.348 e. The number of amides is 1. The van der Waals surface area contributed by atoms with E-state index in [0.29, 0.717) is 17.1 Å². The van der Waals surface area contributed by atoms with Crippen molar-refractivity contribution < 1.29 is 4.79 Å². The molecule has 1 aromatic carbocycles. The van der Waals surface area contributed by atoms with Crippen molar-refractivity contribution in [1.82, 2.24) is 10.3 Å². The van der Waals surface area contributed by atoms with Crippen LogP contribution in [0.3, 0.4) is 0 Å². The molecule has 0 atom stereocenters. The summed E-state index contributed by atoms with van der Waals surface area (Å²) in [7, 11) is 0. The number of carbonyl (C=O) groups is 1. The lowest BCUT2D eigenvalue weighted by molar-refractivity contribution is 0.0950. The molecule has 1 aromatic heterocycles. The van der Waals surface area contributed by atoms with Crippen LogP contribution >= 0.6 is 11.6 Å². The van der Waals surface area contributed by atoms with Gasteiger partial charge in [-0.25, -0.2) is 0 Å². The van der Waals surface area contributed by atoms with E-state index in [1.165, 1.54) is 6.20 Å². The van der Waals surface area contributed by atoms with Gasteiger partial charge in [0.1, 0.15) is 0 Å². The zero-order chi connectivity index (χ0) is 12.1. The normalized spacial score (nSPS) is 9.94. The summed E-state index contributed by atoms with van der Waals surface area (Å²) in [6, 6.07) is 10.8. The lowest BCUT2D eigenvalue weighted by atomic mass is 10.2. The highest BCUT2D eigenvalue weighted by atomic mass is 35.5. The lowest BCUT2D eigenvalue weighted by Gasteiger charge is -2.05. The Hall–Kier alpha value is -1.87. The third-order valence-electron chi connectivity index (χ3n) is 2.29. The molecular weight excluding hydrogens is 236 g/mol. The van der Waals surface area contributed by atoms with Crippen molar-refractivity contribution in [2.24, 2.45) is 0 Å². The molecule has 17 heavy (non-hydrogen) atoms. The summed E-state index contributed by atoms with van der Waals surface area (Å²) < 4.78 is 0. The molecule has 2 aromatic rings. The molecule has 86 valence electrons. The summed E-state index contributed by atoms with van der Waals surface area (Å²) in [6.45, 7) is 0.477. The maximum absolute atomic E-state index is 11.7. The van der Waals surface area contributed by atoms with E-state index in [-0.39, 0.29) is 5.91 Å². The molecule has 2 rings (SSSR count). The molecule has 0 saturated heterocycles. The van der Waals surface area contributed by atoms with E-state index in [1.807, 2.05) is 12.1 Å². The minimum atomic E-state index is -0.131. The van der Waals surface area contributed by atoms with E-state index < -0.39 is 0 Å². The van der Waals surface area contributed by atoms with Crippen molar-refractivity contribution in [2.45, 2.75) is 6.54 Å². The molecule has 3 nitrogen and oxygen atoms in total. The van der Waals surface area contributed by atoms with Crippen molar-refractivity contribution in [3.63, 3.8) is 0 Å². The second-order valence-electron chi connectivity index (χ2n) is 3.55. The van der Waals surface area contributed by atoms with E-state index in [1.54, 1.807) is 30.5 Å². The Kier molecular flexibility index (Phi) is 3.73. The van der Waals surface area contributed by atoms with Gasteiger partial charge in [-0.2, -0.15) is 0 Å². The first kappa shape index (κ1) is 11.6. The van der Waals surface area contributed by atoms with Gasteiger partial charge < -0.3 is 5.32 Å². The molecule has 0 unspecified atom stereocenters. The Labute approximate surface area is 104 Å². The van der Waals surface area contributed by atoms with Crippen LogP contribution in [-0.2, 0) is 6.54 Å². The van der Waals surface area contributed by atoms with Gasteiger partial charge in [-0.1, -0.05) is 23.7 Å². The summed E-state index contributed by atoms with van der Waals surface area (Å²) in [5.41, 5.74) is 1.56. The zero-order valence-corrected chi connectivity index (χ0v) is 9.82. The van der Waals surface area contributed by atoms with Crippen LogP contribution in [0.15, 0.2) is 48.8 Å². The van der Waals surface area contributed by atoms with Gasteiger partial charge in [-0.05, 0) is 29.8 Å². The summed E-state index contributed by atoms with van der Waals surface area (Å²) in [5, 5.41) is 3.50. The number of rotatable bonds is 3. The zero-order valence-electron chi connectivity index (χ0n) is 9.06. The second-order valence-corrected chi connectivity index (χ2v) is 3.99. The molecule has 0 saturated carbocycles. The number of nitrogens with one attached hydrogen (secondary N) is 1. The monoisotopic (exact) mass is 246 g/mol. The average molecular weight is 247 g/mol. The maximum atomic E-state index is 11.7. The van der Waals surface area contributed by atoms with Crippen molar-refractivity contribution in [3.8, 4) is 0 Å². The molecule has 0 aliphatic carbocycles. The van der Waals surface area contributed by atoms with Crippen LogP contribution in [0.4, 0.5) is 0 Å². The highest BCUT2D eigenvalue weighted by molar-refractivity contribution is 6.30. The van der Waals surface area contributed by atoms with Crippen LogP contribution in [0.2, 0.25) is 5.02 Å². The Morgan fingerprint density at radius 3 is 2.65 bits per heavy atom. The number of nitrogens with zero attached hydrogens (tertiary/aromatic N) is 1. The summed E-state index contributed by atoms with van der Waals surface area (Å²) in [5.74, 6) is -0.131. The van der Waals surface area contributed by atoms with Gasteiger partial charge in [0, 0.05) is 24.0 Å². The van der Waals surface area contributed by atoms with Crippen molar-refractivity contribution >= 4 is 17.5 Å². The standard InChI is InChI=1S/C13H11ClN2O/c14-12-5-3-10(4-6-12)8-16-13(17)11-2-1-7-15-9-11/h1-7,9H,8H2,(H,16,17). The average Bonchev–Trinajstić information content (AvgIpc) is 2.39. The van der Waals surface area contributed by atoms with Gasteiger partial charge in [-0.3, -0.25) is 9.78 Å². The fourth-order valence-electron chi connectivity index (χ4n) is 1.38. The number of hydrogen-bond donors (Lipinski definition) is 1. The van der Waals surface area contributed by atoms with Crippen LogP contribution in [0.25, 0.3) is 0 Å². The molecular formula is C13H11ClN2O. The minimum absolute atomic E-state index is 0.131. The quantitative estimate of drug-likeness (QED) is 0.905. The summed E-state index contributed by atoms with van der Waals surface area (Å²) in [4.78, 5) is 15.6. The fourth-order valence-corrected chi connectivity index (χ4v) is 1.51. The Morgan fingerprint density at radius 1 is 1.24 bits per heavy atom. The summed E-state index contributed by atoms with van der Waals surface area (Å²) in [6.07, 6.45) is 3.17. The number of carbonyl (C=O) groups excluding carboxylic acids is 1. The van der Waals surface area contributed by atoms with Crippen LogP contribution in [0, 0.1) is 0 Å². The second kappa shape index (κ2) is 5.46. The van der Waals surface area contributed by atoms with Gasteiger partial charge >= 0.3 is 0 Å². The van der Waals surface area contributed by atoms with Gasteiger partial charge in [-0.15, -0.1) is 0 Å². The van der Waals surface area contributed by atoms with Crippen LogP contribution in [-0.4, -0.2) is 10.9 Å².